The molecule has 8 heteroatoms. The molecule has 8 nitrogen and oxygen atoms in total. The standard InChI is InChI=1S/C15H22N6O2/c1-4-21-7-6-16-14(21)15(22)20(3)9-12-11(5-8-23-12)13-17-10(2)18-19-13/h6-7,11-12H,4-5,8-9H2,1-3H3,(H,17,18,19)/t11-,12-/m1/s1. The molecule has 0 unspecified atom stereocenters. The van der Waals surface area contributed by atoms with Gasteiger partial charge in [-0.3, -0.25) is 9.89 Å². The lowest BCUT2D eigenvalue weighted by atomic mass is 10.0. The van der Waals surface area contributed by atoms with E-state index in [1.807, 2.05) is 24.6 Å². The van der Waals surface area contributed by atoms with Crippen LogP contribution in [0.25, 0.3) is 0 Å². The second kappa shape index (κ2) is 6.49. The molecule has 0 spiro atoms. The van der Waals surface area contributed by atoms with Crippen LogP contribution in [0, 0.1) is 6.92 Å². The topological polar surface area (TPSA) is 88.9 Å². The second-order valence-electron chi connectivity index (χ2n) is 5.81. The number of likely N-dealkylation sites (N-methyl/N-ethyl adjacent to an activating group) is 1. The van der Waals surface area contributed by atoms with Crippen molar-refractivity contribution in [1.82, 2.24) is 29.6 Å². The maximum Gasteiger partial charge on any atom is 0.289 e. The number of H-pyrrole nitrogens is 1. The molecule has 1 aliphatic heterocycles. The molecule has 0 aliphatic carbocycles. The molecule has 0 radical (unpaired) electrons. The third-order valence-corrected chi connectivity index (χ3v) is 4.20. The van der Waals surface area contributed by atoms with Crippen LogP contribution < -0.4 is 0 Å². The molecule has 1 saturated heterocycles. The van der Waals surface area contributed by atoms with Crippen molar-refractivity contribution in [3.63, 3.8) is 0 Å². The smallest absolute Gasteiger partial charge is 0.289 e. The van der Waals surface area contributed by atoms with Gasteiger partial charge in [0.1, 0.15) is 5.82 Å². The minimum atomic E-state index is -0.0998. The fourth-order valence-corrected chi connectivity index (χ4v) is 2.94. The van der Waals surface area contributed by atoms with Gasteiger partial charge in [-0.2, -0.15) is 5.10 Å². The number of hydrogen-bond acceptors (Lipinski definition) is 5. The molecule has 0 bridgehead atoms. The number of aromatic amines is 1. The lowest BCUT2D eigenvalue weighted by Crippen LogP contribution is -2.37. The molecule has 1 N–H and O–H groups in total. The zero-order chi connectivity index (χ0) is 16.4. The van der Waals surface area contributed by atoms with Gasteiger partial charge in [0.15, 0.2) is 11.6 Å². The van der Waals surface area contributed by atoms with Crippen LogP contribution in [-0.2, 0) is 11.3 Å². The number of nitrogens with zero attached hydrogens (tertiary/aromatic N) is 5. The fraction of sp³-hybridized carbons (Fsp3) is 0.600. The predicted octanol–water partition coefficient (Wildman–Crippen LogP) is 0.974. The Morgan fingerprint density at radius 3 is 3.09 bits per heavy atom. The summed E-state index contributed by atoms with van der Waals surface area (Å²) in [7, 11) is 1.78. The molecular weight excluding hydrogens is 296 g/mol. The van der Waals surface area contributed by atoms with Crippen LogP contribution in [0.2, 0.25) is 0 Å². The van der Waals surface area contributed by atoms with Crippen molar-refractivity contribution in [3.05, 3.63) is 29.9 Å². The third kappa shape index (κ3) is 3.12. The first-order valence-corrected chi connectivity index (χ1v) is 7.87. The molecule has 3 heterocycles. The Kier molecular flexibility index (Phi) is 4.42. The van der Waals surface area contributed by atoms with E-state index in [1.165, 1.54) is 0 Å². The van der Waals surface area contributed by atoms with Gasteiger partial charge < -0.3 is 14.2 Å². The van der Waals surface area contributed by atoms with E-state index in [9.17, 15) is 4.79 Å². The Morgan fingerprint density at radius 1 is 1.57 bits per heavy atom. The van der Waals surface area contributed by atoms with E-state index in [2.05, 4.69) is 20.2 Å². The first-order valence-electron chi connectivity index (χ1n) is 7.87. The maximum absolute atomic E-state index is 12.6. The number of aromatic nitrogens is 5. The number of imidazole rings is 1. The monoisotopic (exact) mass is 318 g/mol. The van der Waals surface area contributed by atoms with Crippen molar-refractivity contribution in [2.24, 2.45) is 0 Å². The van der Waals surface area contributed by atoms with Gasteiger partial charge in [0.25, 0.3) is 5.91 Å². The number of aryl methyl sites for hydroxylation is 2. The summed E-state index contributed by atoms with van der Waals surface area (Å²) in [6, 6.07) is 0. The molecule has 0 saturated carbocycles. The van der Waals surface area contributed by atoms with E-state index < -0.39 is 0 Å². The van der Waals surface area contributed by atoms with E-state index in [0.717, 1.165) is 18.1 Å². The van der Waals surface area contributed by atoms with E-state index in [1.54, 1.807) is 18.1 Å². The third-order valence-electron chi connectivity index (χ3n) is 4.20. The van der Waals surface area contributed by atoms with E-state index in [4.69, 9.17) is 4.74 Å². The highest BCUT2D eigenvalue weighted by Gasteiger charge is 2.34. The minimum Gasteiger partial charge on any atom is -0.376 e. The number of amides is 1. The molecule has 1 fully saturated rings. The Hall–Kier alpha value is -2.22. The van der Waals surface area contributed by atoms with Crippen LogP contribution in [0.3, 0.4) is 0 Å². The number of carbonyl (C=O) groups excluding carboxylic acids is 1. The second-order valence-corrected chi connectivity index (χ2v) is 5.81. The Bertz CT molecular complexity index is 679. The zero-order valence-electron chi connectivity index (χ0n) is 13.7. The fourth-order valence-electron chi connectivity index (χ4n) is 2.94. The van der Waals surface area contributed by atoms with Gasteiger partial charge in [-0.15, -0.1) is 0 Å². The first-order chi connectivity index (χ1) is 11.1. The van der Waals surface area contributed by atoms with Crippen molar-refractivity contribution in [1.29, 1.82) is 0 Å². The Labute approximate surface area is 134 Å². The highest BCUT2D eigenvalue weighted by atomic mass is 16.5. The molecule has 3 rings (SSSR count). The van der Waals surface area contributed by atoms with Gasteiger partial charge in [-0.05, 0) is 20.3 Å². The molecule has 2 atom stereocenters. The molecule has 2 aromatic heterocycles. The van der Waals surface area contributed by atoms with Crippen LogP contribution in [0.4, 0.5) is 0 Å². The molecular formula is C15H22N6O2. The summed E-state index contributed by atoms with van der Waals surface area (Å²) >= 11 is 0. The van der Waals surface area contributed by atoms with Gasteiger partial charge in [0, 0.05) is 39.1 Å². The predicted molar refractivity (Wildman–Crippen MR) is 83.1 cm³/mol. The zero-order valence-corrected chi connectivity index (χ0v) is 13.7. The molecule has 1 amide bonds. The maximum atomic E-state index is 12.6. The summed E-state index contributed by atoms with van der Waals surface area (Å²) in [5, 5.41) is 7.11. The molecule has 23 heavy (non-hydrogen) atoms. The molecule has 2 aromatic rings. The average molecular weight is 318 g/mol. The summed E-state index contributed by atoms with van der Waals surface area (Å²) in [6.07, 6.45) is 4.24. The van der Waals surface area contributed by atoms with Gasteiger partial charge >= 0.3 is 0 Å². The summed E-state index contributed by atoms with van der Waals surface area (Å²) in [6.45, 7) is 5.73. The van der Waals surface area contributed by atoms with Crippen molar-refractivity contribution < 1.29 is 9.53 Å². The number of ether oxygens (including phenoxy) is 1. The van der Waals surface area contributed by atoms with Crippen LogP contribution in [0.15, 0.2) is 12.4 Å². The van der Waals surface area contributed by atoms with Crippen LogP contribution in [-0.4, -0.2) is 61.8 Å². The van der Waals surface area contributed by atoms with E-state index >= 15 is 0 Å². The summed E-state index contributed by atoms with van der Waals surface area (Å²) in [5.41, 5.74) is 0. The van der Waals surface area contributed by atoms with Gasteiger partial charge in [0.05, 0.1) is 12.0 Å². The Balaban J connectivity index is 1.69. The summed E-state index contributed by atoms with van der Waals surface area (Å²) in [4.78, 5) is 22.8. The largest absolute Gasteiger partial charge is 0.376 e. The first kappa shape index (κ1) is 15.7. The van der Waals surface area contributed by atoms with Gasteiger partial charge in [-0.25, -0.2) is 9.97 Å². The highest BCUT2D eigenvalue weighted by molar-refractivity contribution is 5.90. The van der Waals surface area contributed by atoms with Crippen molar-refractivity contribution in [3.8, 4) is 0 Å². The summed E-state index contributed by atoms with van der Waals surface area (Å²) in [5.74, 6) is 2.03. The molecule has 0 aromatic carbocycles. The van der Waals surface area contributed by atoms with Crippen LogP contribution >= 0.6 is 0 Å². The van der Waals surface area contributed by atoms with E-state index in [-0.39, 0.29) is 17.9 Å². The number of nitrogens with one attached hydrogen (secondary N) is 1. The normalized spacial score (nSPS) is 20.8. The lowest BCUT2D eigenvalue weighted by molar-refractivity contribution is 0.0538. The van der Waals surface area contributed by atoms with Crippen LogP contribution in [0.1, 0.15) is 41.5 Å². The number of hydrogen-bond donors (Lipinski definition) is 1. The molecule has 124 valence electrons. The number of carbonyl (C=O) groups is 1. The lowest BCUT2D eigenvalue weighted by Gasteiger charge is -2.23. The Morgan fingerprint density at radius 2 is 2.39 bits per heavy atom. The molecule has 1 aliphatic rings. The van der Waals surface area contributed by atoms with Crippen molar-refractivity contribution >= 4 is 5.91 Å². The average Bonchev–Trinajstić information content (AvgIpc) is 3.25. The highest BCUT2D eigenvalue weighted by Crippen LogP contribution is 2.29. The van der Waals surface area contributed by atoms with Crippen LogP contribution in [0.5, 0.6) is 0 Å². The SMILES string of the molecule is CCn1ccnc1C(=O)N(C)C[C@H]1OCC[C@H]1c1n[nH]c(C)n1. The number of rotatable bonds is 5. The van der Waals surface area contributed by atoms with Gasteiger partial charge in [0.2, 0.25) is 0 Å². The minimum absolute atomic E-state index is 0.0933. The van der Waals surface area contributed by atoms with Crippen molar-refractivity contribution in [2.45, 2.75) is 38.8 Å². The van der Waals surface area contributed by atoms with Crippen molar-refractivity contribution in [2.75, 3.05) is 20.2 Å². The quantitative estimate of drug-likeness (QED) is 0.887. The van der Waals surface area contributed by atoms with E-state index in [0.29, 0.717) is 25.5 Å². The van der Waals surface area contributed by atoms with Gasteiger partial charge in [-0.1, -0.05) is 0 Å². The summed E-state index contributed by atoms with van der Waals surface area (Å²) < 4.78 is 7.65.